The first-order valence-corrected chi connectivity index (χ1v) is 12.2. The van der Waals surface area contributed by atoms with Gasteiger partial charge in [0.15, 0.2) is 15.6 Å². The number of benzene rings is 2. The molecule has 5 nitrogen and oxygen atoms in total. The highest BCUT2D eigenvalue weighted by Crippen LogP contribution is 2.31. The molecular formula is C21H20BrClFNO4S. The summed E-state index contributed by atoms with van der Waals surface area (Å²) in [6.45, 7) is -0.996. The number of nitrogens with zero attached hydrogens (tertiary/aromatic N) is 1. The van der Waals surface area contributed by atoms with Gasteiger partial charge in [0.05, 0.1) is 17.3 Å². The van der Waals surface area contributed by atoms with Crippen LogP contribution in [0.2, 0.25) is 5.02 Å². The summed E-state index contributed by atoms with van der Waals surface area (Å²) in [5.41, 5.74) is 1.18. The number of ketones is 1. The van der Waals surface area contributed by atoms with E-state index in [4.69, 9.17) is 11.6 Å². The quantitative estimate of drug-likeness (QED) is 0.576. The molecule has 1 heterocycles. The van der Waals surface area contributed by atoms with Gasteiger partial charge in [0.2, 0.25) is 0 Å². The topological polar surface area (TPSA) is 71.5 Å². The minimum atomic E-state index is -4.32. The van der Waals surface area contributed by atoms with Crippen LogP contribution in [0.4, 0.5) is 4.39 Å². The fourth-order valence-corrected chi connectivity index (χ4v) is 5.36. The van der Waals surface area contributed by atoms with Crippen LogP contribution in [0.15, 0.2) is 53.0 Å². The third-order valence-electron chi connectivity index (χ3n) is 5.10. The van der Waals surface area contributed by atoms with Crippen molar-refractivity contribution in [3.05, 3.63) is 69.2 Å². The van der Waals surface area contributed by atoms with Crippen LogP contribution in [0.3, 0.4) is 0 Å². The maximum absolute atomic E-state index is 15.6. The molecule has 1 amide bonds. The zero-order valence-electron chi connectivity index (χ0n) is 16.0. The summed E-state index contributed by atoms with van der Waals surface area (Å²) in [5, 5.41) is -2.80. The van der Waals surface area contributed by atoms with Crippen molar-refractivity contribution in [1.29, 1.82) is 0 Å². The average Bonchev–Trinajstić information content (AvgIpc) is 2.72. The standard InChI is InChI=1S/C21H20BrClFNO4S/c22-17-10-9-16(13-18(17)23)20(27)25-11-12-30(28,29)21(24,14-25)19(26)8-4-7-15-5-2-1-3-6-15/h1-3,5-6,9-10,13H,4,7-8,11-12,14H2/t21-/m1/s1. The Balaban J connectivity index is 1.73. The highest BCUT2D eigenvalue weighted by atomic mass is 79.9. The van der Waals surface area contributed by atoms with Gasteiger partial charge >= 0.3 is 0 Å². The molecule has 0 bridgehead atoms. The molecule has 0 unspecified atom stereocenters. The molecule has 0 saturated carbocycles. The van der Waals surface area contributed by atoms with Gasteiger partial charge < -0.3 is 4.90 Å². The lowest BCUT2D eigenvalue weighted by Crippen LogP contribution is -2.59. The second-order valence-corrected chi connectivity index (χ2v) is 10.7. The second-order valence-electron chi connectivity index (χ2n) is 7.17. The van der Waals surface area contributed by atoms with Gasteiger partial charge in [-0.1, -0.05) is 41.9 Å². The summed E-state index contributed by atoms with van der Waals surface area (Å²) in [6, 6.07) is 13.8. The molecule has 0 N–H and O–H groups in total. The monoisotopic (exact) mass is 515 g/mol. The number of hydrogen-bond donors (Lipinski definition) is 0. The van der Waals surface area contributed by atoms with Crippen molar-refractivity contribution < 1.29 is 22.4 Å². The van der Waals surface area contributed by atoms with E-state index < -0.39 is 38.8 Å². The molecule has 2 aromatic rings. The van der Waals surface area contributed by atoms with Crippen molar-refractivity contribution in [2.45, 2.75) is 24.3 Å². The number of amides is 1. The first-order chi connectivity index (χ1) is 14.1. The Kier molecular flexibility index (Phi) is 6.99. The van der Waals surface area contributed by atoms with Gasteiger partial charge in [-0.25, -0.2) is 12.8 Å². The van der Waals surface area contributed by atoms with E-state index in [1.807, 2.05) is 30.3 Å². The third-order valence-corrected chi connectivity index (χ3v) is 8.39. The van der Waals surface area contributed by atoms with Crippen LogP contribution in [0.5, 0.6) is 0 Å². The molecule has 0 spiro atoms. The van der Waals surface area contributed by atoms with Crippen LogP contribution < -0.4 is 0 Å². The molecule has 1 aliphatic heterocycles. The van der Waals surface area contributed by atoms with Gasteiger partial charge in [-0.05, 0) is 52.5 Å². The van der Waals surface area contributed by atoms with Crippen LogP contribution in [0, 0.1) is 0 Å². The van der Waals surface area contributed by atoms with Gasteiger partial charge in [0.25, 0.3) is 10.9 Å². The highest BCUT2D eigenvalue weighted by molar-refractivity contribution is 9.10. The summed E-state index contributed by atoms with van der Waals surface area (Å²) >= 11 is 9.24. The highest BCUT2D eigenvalue weighted by Gasteiger charge is 2.54. The van der Waals surface area contributed by atoms with Gasteiger partial charge in [-0.15, -0.1) is 0 Å². The Hall–Kier alpha value is -1.77. The first-order valence-electron chi connectivity index (χ1n) is 9.37. The summed E-state index contributed by atoms with van der Waals surface area (Å²) in [6.07, 6.45) is 0.625. The zero-order chi connectivity index (χ0) is 21.9. The second kappa shape index (κ2) is 9.16. The summed E-state index contributed by atoms with van der Waals surface area (Å²) in [7, 11) is -4.32. The number of rotatable bonds is 6. The molecule has 160 valence electrons. The third kappa shape index (κ3) is 4.76. The maximum atomic E-state index is 15.6. The van der Waals surface area contributed by atoms with E-state index in [1.54, 1.807) is 6.07 Å². The van der Waals surface area contributed by atoms with Crippen molar-refractivity contribution in [1.82, 2.24) is 4.90 Å². The summed E-state index contributed by atoms with van der Waals surface area (Å²) in [4.78, 5) is 26.4. The lowest BCUT2D eigenvalue weighted by molar-refractivity contribution is -0.126. The normalized spacial score (nSPS) is 20.7. The summed E-state index contributed by atoms with van der Waals surface area (Å²) < 4.78 is 41.0. The van der Waals surface area contributed by atoms with E-state index in [9.17, 15) is 18.0 Å². The van der Waals surface area contributed by atoms with E-state index >= 15 is 4.39 Å². The molecule has 1 fully saturated rings. The number of aryl methyl sites for hydroxylation is 1. The van der Waals surface area contributed by atoms with Crippen molar-refractivity contribution in [3.63, 3.8) is 0 Å². The van der Waals surface area contributed by atoms with E-state index in [-0.39, 0.29) is 18.5 Å². The molecular weight excluding hydrogens is 497 g/mol. The molecule has 9 heteroatoms. The predicted octanol–water partition coefficient (Wildman–Crippen LogP) is 4.23. The number of sulfone groups is 1. The predicted molar refractivity (Wildman–Crippen MR) is 117 cm³/mol. The number of halogens is 3. The van der Waals surface area contributed by atoms with Crippen molar-refractivity contribution >= 4 is 49.1 Å². The van der Waals surface area contributed by atoms with E-state index in [0.29, 0.717) is 22.3 Å². The minimum absolute atomic E-state index is 0.183. The Labute approximate surface area is 188 Å². The Morgan fingerprint density at radius 2 is 1.87 bits per heavy atom. The largest absolute Gasteiger partial charge is 0.333 e. The van der Waals surface area contributed by atoms with Crippen LogP contribution in [0.25, 0.3) is 0 Å². The average molecular weight is 517 g/mol. The van der Waals surface area contributed by atoms with Gasteiger partial charge in [0, 0.05) is 23.0 Å². The van der Waals surface area contributed by atoms with Gasteiger partial charge in [-0.2, -0.15) is 0 Å². The lowest BCUT2D eigenvalue weighted by atomic mass is 10.0. The SMILES string of the molecule is O=C(c1ccc(Br)c(Cl)c1)N1CCS(=O)(=O)[C@@](F)(C(=O)CCCc2ccccc2)C1. The molecule has 1 saturated heterocycles. The van der Waals surface area contributed by atoms with E-state index in [0.717, 1.165) is 10.5 Å². The molecule has 3 rings (SSSR count). The first kappa shape index (κ1) is 22.9. The van der Waals surface area contributed by atoms with E-state index in [2.05, 4.69) is 15.9 Å². The van der Waals surface area contributed by atoms with Crippen LogP contribution in [-0.4, -0.2) is 48.9 Å². The van der Waals surface area contributed by atoms with Crippen molar-refractivity contribution in [3.8, 4) is 0 Å². The molecule has 1 atom stereocenters. The maximum Gasteiger partial charge on any atom is 0.284 e. The van der Waals surface area contributed by atoms with Gasteiger partial charge in [-0.3, -0.25) is 9.59 Å². The molecule has 2 aromatic carbocycles. The number of alkyl halides is 1. The molecule has 30 heavy (non-hydrogen) atoms. The number of hydrogen-bond acceptors (Lipinski definition) is 4. The molecule has 0 radical (unpaired) electrons. The number of Topliss-reactive ketones (excluding diaryl/α,β-unsaturated/α-hetero) is 1. The molecule has 1 aliphatic rings. The van der Waals surface area contributed by atoms with Crippen LogP contribution >= 0.6 is 27.5 Å². The Morgan fingerprint density at radius 3 is 2.53 bits per heavy atom. The van der Waals surface area contributed by atoms with Crippen LogP contribution in [-0.2, 0) is 21.1 Å². The van der Waals surface area contributed by atoms with Crippen LogP contribution in [0.1, 0.15) is 28.8 Å². The smallest absolute Gasteiger partial charge is 0.284 e. The van der Waals surface area contributed by atoms with Crippen molar-refractivity contribution in [2.24, 2.45) is 0 Å². The van der Waals surface area contributed by atoms with E-state index in [1.165, 1.54) is 12.1 Å². The number of carbonyl (C=O) groups is 2. The Morgan fingerprint density at radius 1 is 1.17 bits per heavy atom. The lowest BCUT2D eigenvalue weighted by Gasteiger charge is -2.36. The number of carbonyl (C=O) groups excluding carboxylic acids is 2. The summed E-state index contributed by atoms with van der Waals surface area (Å²) in [5.74, 6) is -2.19. The fraction of sp³-hybridized carbons (Fsp3) is 0.333. The Bertz CT molecular complexity index is 1060. The fourth-order valence-electron chi connectivity index (χ4n) is 3.35. The minimum Gasteiger partial charge on any atom is -0.333 e. The zero-order valence-corrected chi connectivity index (χ0v) is 19.1. The van der Waals surface area contributed by atoms with Crippen molar-refractivity contribution in [2.75, 3.05) is 18.8 Å². The molecule has 0 aliphatic carbocycles. The molecule has 0 aromatic heterocycles. The van der Waals surface area contributed by atoms with Gasteiger partial charge in [0.1, 0.15) is 0 Å².